The highest BCUT2D eigenvalue weighted by atomic mass is 35.5. The Morgan fingerprint density at radius 1 is 1.43 bits per heavy atom. The first-order valence-electron chi connectivity index (χ1n) is 4.49. The van der Waals surface area contributed by atoms with Crippen LogP contribution in [0.1, 0.15) is 12.8 Å². The minimum atomic E-state index is -0.450. The highest BCUT2D eigenvalue weighted by Crippen LogP contribution is 2.26. The second-order valence-electron chi connectivity index (χ2n) is 3.10. The van der Waals surface area contributed by atoms with E-state index in [1.54, 1.807) is 7.11 Å². The predicted octanol–water partition coefficient (Wildman–Crippen LogP) is 2.12. The van der Waals surface area contributed by atoms with Crippen LogP contribution in [0, 0.1) is 0 Å². The van der Waals surface area contributed by atoms with E-state index >= 15 is 0 Å². The third kappa shape index (κ3) is 2.96. The summed E-state index contributed by atoms with van der Waals surface area (Å²) < 4.78 is 15.5. The third-order valence-corrected chi connectivity index (χ3v) is 2.38. The lowest BCUT2D eigenvalue weighted by molar-refractivity contribution is 0.193. The molecule has 0 radical (unpaired) electrons. The Labute approximate surface area is 89.8 Å². The van der Waals surface area contributed by atoms with Gasteiger partial charge in [-0.25, -0.2) is 0 Å². The average molecular weight is 216 g/mol. The molecule has 1 aliphatic rings. The first-order valence-corrected chi connectivity index (χ1v) is 4.93. The molecule has 1 atom stereocenters. The predicted molar refractivity (Wildman–Crippen MR) is 57.0 cm³/mol. The first kappa shape index (κ1) is 11.5. The van der Waals surface area contributed by atoms with Crippen molar-refractivity contribution >= 4 is 18.7 Å². The van der Waals surface area contributed by atoms with Crippen molar-refractivity contribution in [2.45, 2.75) is 18.1 Å². The summed E-state index contributed by atoms with van der Waals surface area (Å²) in [5, 5.41) is -0.193. The summed E-state index contributed by atoms with van der Waals surface area (Å²) >= 11 is 6.07. The molecule has 14 heavy (non-hydrogen) atoms. The van der Waals surface area contributed by atoms with E-state index < -0.39 is 7.12 Å². The summed E-state index contributed by atoms with van der Waals surface area (Å²) in [7, 11) is 1.21. The SMILES string of the molecule is C=C1OB(C(Cl)CCCOC)OC1=C. The second-order valence-corrected chi connectivity index (χ2v) is 3.66. The van der Waals surface area contributed by atoms with E-state index in [2.05, 4.69) is 13.2 Å². The molecule has 1 rings (SSSR count). The molecule has 78 valence electrons. The standard InChI is InChI=1S/C9H14BClO3/c1-7-8(2)14-10(13-7)9(11)5-4-6-12-3/h9H,1-2,4-6H2,3H3. The maximum atomic E-state index is 6.07. The zero-order chi connectivity index (χ0) is 10.6. The zero-order valence-corrected chi connectivity index (χ0v) is 9.05. The Bertz CT molecular complexity index is 216. The Morgan fingerprint density at radius 2 is 2.00 bits per heavy atom. The topological polar surface area (TPSA) is 27.7 Å². The van der Waals surface area contributed by atoms with Crippen molar-refractivity contribution in [1.82, 2.24) is 0 Å². The van der Waals surface area contributed by atoms with Gasteiger partial charge in [-0.05, 0) is 12.8 Å². The summed E-state index contributed by atoms with van der Waals surface area (Å²) in [6.07, 6.45) is 1.66. The van der Waals surface area contributed by atoms with Crippen molar-refractivity contribution in [2.24, 2.45) is 0 Å². The lowest BCUT2D eigenvalue weighted by Gasteiger charge is -2.09. The molecule has 0 bridgehead atoms. The van der Waals surface area contributed by atoms with Gasteiger partial charge < -0.3 is 14.0 Å². The van der Waals surface area contributed by atoms with E-state index in [0.29, 0.717) is 18.1 Å². The number of halogens is 1. The number of hydrogen-bond acceptors (Lipinski definition) is 3. The quantitative estimate of drug-likeness (QED) is 0.400. The van der Waals surface area contributed by atoms with E-state index in [1.165, 1.54) is 0 Å². The fourth-order valence-corrected chi connectivity index (χ4v) is 1.40. The van der Waals surface area contributed by atoms with E-state index in [4.69, 9.17) is 25.6 Å². The van der Waals surface area contributed by atoms with Crippen LogP contribution in [0.25, 0.3) is 0 Å². The molecule has 0 N–H and O–H groups in total. The van der Waals surface area contributed by atoms with Gasteiger partial charge in [0.25, 0.3) is 0 Å². The lowest BCUT2D eigenvalue weighted by atomic mass is 9.82. The number of rotatable bonds is 5. The second kappa shape index (κ2) is 5.32. The van der Waals surface area contributed by atoms with Gasteiger partial charge in [-0.15, -0.1) is 11.6 Å². The van der Waals surface area contributed by atoms with Crippen molar-refractivity contribution in [3.05, 3.63) is 24.7 Å². The molecule has 0 aliphatic carbocycles. The number of ether oxygens (including phenoxy) is 1. The number of methoxy groups -OCH3 is 1. The molecule has 5 heteroatoms. The molecule has 0 aromatic rings. The van der Waals surface area contributed by atoms with Gasteiger partial charge in [0, 0.05) is 13.7 Å². The van der Waals surface area contributed by atoms with Gasteiger partial charge in [-0.1, -0.05) is 13.2 Å². The number of alkyl halides is 1. The van der Waals surface area contributed by atoms with E-state index in [-0.39, 0.29) is 5.28 Å². The van der Waals surface area contributed by atoms with Crippen molar-refractivity contribution < 1.29 is 14.0 Å². The molecule has 1 heterocycles. The minimum Gasteiger partial charge on any atom is -0.523 e. The molecule has 1 saturated heterocycles. The van der Waals surface area contributed by atoms with Crippen LogP contribution in [0.2, 0.25) is 0 Å². The van der Waals surface area contributed by atoms with Crippen LogP contribution in [0.4, 0.5) is 0 Å². The third-order valence-electron chi connectivity index (χ3n) is 1.95. The van der Waals surface area contributed by atoms with E-state index in [1.807, 2.05) is 0 Å². The van der Waals surface area contributed by atoms with Crippen LogP contribution in [-0.4, -0.2) is 26.1 Å². The minimum absolute atomic E-state index is 0.193. The van der Waals surface area contributed by atoms with Gasteiger partial charge in [0.2, 0.25) is 0 Å². The first-order chi connectivity index (χ1) is 6.65. The lowest BCUT2D eigenvalue weighted by Crippen LogP contribution is -2.27. The Balaban J connectivity index is 2.28. The molecular weight excluding hydrogens is 202 g/mol. The smallest absolute Gasteiger partial charge is 0.523 e. The van der Waals surface area contributed by atoms with Gasteiger partial charge in [0.1, 0.15) is 11.5 Å². The molecule has 0 saturated carbocycles. The van der Waals surface area contributed by atoms with Crippen molar-refractivity contribution in [2.75, 3.05) is 13.7 Å². The molecule has 0 aromatic carbocycles. The van der Waals surface area contributed by atoms with Crippen LogP contribution in [0.15, 0.2) is 24.7 Å². The van der Waals surface area contributed by atoms with Crippen LogP contribution in [-0.2, 0) is 14.0 Å². The van der Waals surface area contributed by atoms with Crippen LogP contribution >= 0.6 is 11.6 Å². The summed E-state index contributed by atoms with van der Waals surface area (Å²) in [6, 6.07) is 0. The van der Waals surface area contributed by atoms with Gasteiger partial charge in [0.15, 0.2) is 0 Å². The Hall–Kier alpha value is -0.605. The molecule has 1 aliphatic heterocycles. The van der Waals surface area contributed by atoms with Gasteiger partial charge in [0.05, 0.1) is 5.28 Å². The maximum absolute atomic E-state index is 6.07. The molecule has 0 spiro atoms. The van der Waals surface area contributed by atoms with E-state index in [9.17, 15) is 0 Å². The Morgan fingerprint density at radius 3 is 2.50 bits per heavy atom. The Kier molecular flexibility index (Phi) is 4.36. The molecule has 0 amide bonds. The van der Waals surface area contributed by atoms with Crippen LogP contribution < -0.4 is 0 Å². The van der Waals surface area contributed by atoms with Gasteiger partial charge >= 0.3 is 7.12 Å². The molecule has 0 aromatic heterocycles. The van der Waals surface area contributed by atoms with Crippen LogP contribution in [0.3, 0.4) is 0 Å². The summed E-state index contributed by atoms with van der Waals surface area (Å²) in [4.78, 5) is 0. The van der Waals surface area contributed by atoms with Crippen LogP contribution in [0.5, 0.6) is 0 Å². The van der Waals surface area contributed by atoms with Gasteiger partial charge in [-0.2, -0.15) is 0 Å². The molecule has 1 fully saturated rings. The highest BCUT2D eigenvalue weighted by Gasteiger charge is 2.39. The normalized spacial score (nSPS) is 18.0. The van der Waals surface area contributed by atoms with Crippen molar-refractivity contribution in [1.29, 1.82) is 0 Å². The van der Waals surface area contributed by atoms with Crippen molar-refractivity contribution in [3.63, 3.8) is 0 Å². The molecule has 1 unspecified atom stereocenters. The summed E-state index contributed by atoms with van der Waals surface area (Å²) in [5.41, 5.74) is 0. The highest BCUT2D eigenvalue weighted by molar-refractivity contribution is 6.60. The molecule has 3 nitrogen and oxygen atoms in total. The van der Waals surface area contributed by atoms with E-state index in [0.717, 1.165) is 12.8 Å². The average Bonchev–Trinajstić information content (AvgIpc) is 2.47. The largest absolute Gasteiger partial charge is 0.614 e. The molecular formula is C9H14BClO3. The number of hydrogen-bond donors (Lipinski definition) is 0. The van der Waals surface area contributed by atoms with Crippen molar-refractivity contribution in [3.8, 4) is 0 Å². The monoisotopic (exact) mass is 216 g/mol. The maximum Gasteiger partial charge on any atom is 0.614 e. The summed E-state index contributed by atoms with van der Waals surface area (Å²) in [6.45, 7) is 7.96. The fourth-order valence-electron chi connectivity index (χ4n) is 1.14. The zero-order valence-electron chi connectivity index (χ0n) is 8.29. The summed E-state index contributed by atoms with van der Waals surface area (Å²) in [5.74, 6) is 0.930. The van der Waals surface area contributed by atoms with Gasteiger partial charge in [-0.3, -0.25) is 0 Å². The fraction of sp³-hybridized carbons (Fsp3) is 0.556.